The first kappa shape index (κ1) is 24.5. The SMILES string of the molecule is CC(C)(C)OC(=O)ON1CCC(c2ccc(OCCCOCc3cccs3)cc2)C(O)C1. The van der Waals surface area contributed by atoms with Crippen LogP contribution in [0.3, 0.4) is 0 Å². The first-order valence-corrected chi connectivity index (χ1v) is 11.8. The molecule has 1 fully saturated rings. The van der Waals surface area contributed by atoms with Crippen LogP contribution in [0, 0.1) is 0 Å². The van der Waals surface area contributed by atoms with E-state index >= 15 is 0 Å². The standard InChI is InChI=1S/C24H33NO6S/c1-24(2,3)30-23(27)31-25-12-11-21(22(26)16-25)18-7-9-19(10-8-18)29-14-5-13-28-17-20-6-4-15-32-20/h4,6-10,15,21-22,26H,5,11-14,16-17H2,1-3H3. The number of rotatable bonds is 9. The number of β-amino-alcohol motifs (C(OH)–C–C–N with tert-alkyl or cyclic N) is 1. The van der Waals surface area contributed by atoms with Gasteiger partial charge in [-0.3, -0.25) is 0 Å². The van der Waals surface area contributed by atoms with Gasteiger partial charge >= 0.3 is 6.16 Å². The normalized spacial score (nSPS) is 19.5. The van der Waals surface area contributed by atoms with Crippen molar-refractivity contribution in [1.82, 2.24) is 5.06 Å². The zero-order chi connectivity index (χ0) is 23.0. The van der Waals surface area contributed by atoms with Crippen LogP contribution in [-0.4, -0.2) is 54.3 Å². The van der Waals surface area contributed by atoms with E-state index in [0.717, 1.165) is 17.7 Å². The molecule has 1 aromatic carbocycles. The van der Waals surface area contributed by atoms with Gasteiger partial charge in [-0.05, 0) is 56.3 Å². The Labute approximate surface area is 193 Å². The first-order valence-electron chi connectivity index (χ1n) is 11.0. The van der Waals surface area contributed by atoms with E-state index in [1.807, 2.05) is 35.7 Å². The number of hydrogen-bond donors (Lipinski definition) is 1. The van der Waals surface area contributed by atoms with Gasteiger partial charge in [0.05, 0.1) is 32.5 Å². The van der Waals surface area contributed by atoms with E-state index in [4.69, 9.17) is 19.0 Å². The second-order valence-corrected chi connectivity index (χ2v) is 9.84. The third-order valence-corrected chi connectivity index (χ3v) is 5.82. The van der Waals surface area contributed by atoms with Crippen LogP contribution in [0.15, 0.2) is 41.8 Å². The molecule has 32 heavy (non-hydrogen) atoms. The fraction of sp³-hybridized carbons (Fsp3) is 0.542. The van der Waals surface area contributed by atoms with E-state index in [-0.39, 0.29) is 12.5 Å². The van der Waals surface area contributed by atoms with E-state index in [1.54, 1.807) is 32.1 Å². The Bertz CT molecular complexity index is 818. The van der Waals surface area contributed by atoms with E-state index in [0.29, 0.717) is 32.8 Å². The number of aliphatic hydroxyl groups excluding tert-OH is 1. The molecule has 0 aliphatic carbocycles. The lowest BCUT2D eigenvalue weighted by molar-refractivity contribution is -0.170. The van der Waals surface area contributed by atoms with Crippen molar-refractivity contribution in [3.8, 4) is 5.75 Å². The van der Waals surface area contributed by atoms with Gasteiger partial charge in [0.1, 0.15) is 11.4 Å². The Hall–Kier alpha value is -2.13. The summed E-state index contributed by atoms with van der Waals surface area (Å²) in [6, 6.07) is 11.9. The Kier molecular flexibility index (Phi) is 8.92. The summed E-state index contributed by atoms with van der Waals surface area (Å²) < 4.78 is 16.6. The lowest BCUT2D eigenvalue weighted by Crippen LogP contribution is -2.44. The number of hydroxylamine groups is 2. The molecule has 3 rings (SSSR count). The Morgan fingerprint density at radius 1 is 1.19 bits per heavy atom. The number of thiophene rings is 1. The van der Waals surface area contributed by atoms with Gasteiger partial charge < -0.3 is 24.2 Å². The Morgan fingerprint density at radius 3 is 2.62 bits per heavy atom. The highest BCUT2D eigenvalue weighted by Crippen LogP contribution is 2.30. The van der Waals surface area contributed by atoms with Crippen LogP contribution in [-0.2, 0) is 20.9 Å². The van der Waals surface area contributed by atoms with E-state index < -0.39 is 17.9 Å². The molecular formula is C24H33NO6S. The van der Waals surface area contributed by atoms with Crippen molar-refractivity contribution in [2.45, 2.75) is 57.8 Å². The molecule has 2 heterocycles. The fourth-order valence-electron chi connectivity index (χ4n) is 3.48. The zero-order valence-electron chi connectivity index (χ0n) is 19.0. The number of piperidine rings is 1. The lowest BCUT2D eigenvalue weighted by Gasteiger charge is -2.34. The average Bonchev–Trinajstić information content (AvgIpc) is 3.23. The smallest absolute Gasteiger partial charge is 0.494 e. The van der Waals surface area contributed by atoms with Gasteiger partial charge in [-0.1, -0.05) is 18.2 Å². The van der Waals surface area contributed by atoms with Gasteiger partial charge in [0.25, 0.3) is 0 Å². The summed E-state index contributed by atoms with van der Waals surface area (Å²) >= 11 is 1.70. The maximum Gasteiger partial charge on any atom is 0.528 e. The zero-order valence-corrected chi connectivity index (χ0v) is 19.8. The summed E-state index contributed by atoms with van der Waals surface area (Å²) in [7, 11) is 0. The van der Waals surface area contributed by atoms with E-state index in [9.17, 15) is 9.90 Å². The molecule has 0 radical (unpaired) electrons. The number of benzene rings is 1. The van der Waals surface area contributed by atoms with Crippen molar-refractivity contribution in [2.24, 2.45) is 0 Å². The first-order chi connectivity index (χ1) is 15.3. The number of nitrogens with zero attached hydrogens (tertiary/aromatic N) is 1. The molecule has 176 valence electrons. The third-order valence-electron chi connectivity index (χ3n) is 4.97. The minimum atomic E-state index is -0.749. The molecule has 0 spiro atoms. The van der Waals surface area contributed by atoms with E-state index in [2.05, 4.69) is 6.07 Å². The summed E-state index contributed by atoms with van der Waals surface area (Å²) in [6.07, 6.45) is 0.105. The summed E-state index contributed by atoms with van der Waals surface area (Å²) in [6.45, 7) is 8.02. The molecule has 1 saturated heterocycles. The minimum absolute atomic E-state index is 0.0202. The molecule has 1 aromatic heterocycles. The van der Waals surface area contributed by atoms with Crippen LogP contribution in [0.5, 0.6) is 5.75 Å². The molecule has 2 aromatic rings. The lowest BCUT2D eigenvalue weighted by atomic mass is 9.88. The number of aliphatic hydroxyl groups is 1. The van der Waals surface area contributed by atoms with Crippen LogP contribution in [0.25, 0.3) is 0 Å². The van der Waals surface area contributed by atoms with Crippen molar-refractivity contribution in [1.29, 1.82) is 0 Å². The van der Waals surface area contributed by atoms with Crippen molar-refractivity contribution in [3.63, 3.8) is 0 Å². The van der Waals surface area contributed by atoms with Crippen LogP contribution in [0.2, 0.25) is 0 Å². The van der Waals surface area contributed by atoms with Gasteiger partial charge in [0.15, 0.2) is 0 Å². The highest BCUT2D eigenvalue weighted by Gasteiger charge is 2.32. The third kappa shape index (κ3) is 8.09. The van der Waals surface area contributed by atoms with E-state index in [1.165, 1.54) is 9.94 Å². The minimum Gasteiger partial charge on any atom is -0.494 e. The Balaban J connectivity index is 1.36. The maximum atomic E-state index is 11.8. The maximum absolute atomic E-state index is 11.8. The predicted octanol–water partition coefficient (Wildman–Crippen LogP) is 4.75. The molecule has 7 nitrogen and oxygen atoms in total. The number of carbonyl (C=O) groups excluding carboxylic acids is 1. The molecule has 1 aliphatic rings. The quantitative estimate of drug-likeness (QED) is 0.425. The molecule has 8 heteroatoms. The number of hydrogen-bond acceptors (Lipinski definition) is 8. The highest BCUT2D eigenvalue weighted by atomic mass is 32.1. The van der Waals surface area contributed by atoms with Gasteiger partial charge in [-0.15, -0.1) is 16.4 Å². The van der Waals surface area contributed by atoms with Crippen LogP contribution in [0.4, 0.5) is 4.79 Å². The molecule has 1 aliphatic heterocycles. The second kappa shape index (κ2) is 11.7. The highest BCUT2D eigenvalue weighted by molar-refractivity contribution is 7.09. The van der Waals surface area contributed by atoms with Crippen LogP contribution < -0.4 is 4.74 Å². The van der Waals surface area contributed by atoms with Gasteiger partial charge in [0, 0.05) is 23.8 Å². The van der Waals surface area contributed by atoms with Crippen molar-refractivity contribution >= 4 is 17.5 Å². The summed E-state index contributed by atoms with van der Waals surface area (Å²) in [4.78, 5) is 18.3. The van der Waals surface area contributed by atoms with Crippen LogP contribution >= 0.6 is 11.3 Å². The van der Waals surface area contributed by atoms with Gasteiger partial charge in [0.2, 0.25) is 0 Å². The second-order valence-electron chi connectivity index (χ2n) is 8.81. The molecule has 1 N–H and O–H groups in total. The number of ether oxygens (including phenoxy) is 3. The molecule has 2 atom stereocenters. The largest absolute Gasteiger partial charge is 0.528 e. The molecule has 0 bridgehead atoms. The van der Waals surface area contributed by atoms with Crippen molar-refractivity contribution < 1.29 is 28.9 Å². The topological polar surface area (TPSA) is 77.5 Å². The van der Waals surface area contributed by atoms with Gasteiger partial charge in [-0.2, -0.15) is 0 Å². The molecule has 2 unspecified atom stereocenters. The summed E-state index contributed by atoms with van der Waals surface area (Å²) in [5.41, 5.74) is 0.427. The predicted molar refractivity (Wildman–Crippen MR) is 123 cm³/mol. The molecule has 0 amide bonds. The molecule has 0 saturated carbocycles. The fourth-order valence-corrected chi connectivity index (χ4v) is 4.12. The summed E-state index contributed by atoms with van der Waals surface area (Å²) in [5, 5.41) is 14.1. The van der Waals surface area contributed by atoms with Crippen LogP contribution in [0.1, 0.15) is 50.0 Å². The molecular weight excluding hydrogens is 430 g/mol. The monoisotopic (exact) mass is 463 g/mol. The summed E-state index contributed by atoms with van der Waals surface area (Å²) in [5.74, 6) is 0.778. The van der Waals surface area contributed by atoms with Crippen molar-refractivity contribution in [2.75, 3.05) is 26.3 Å². The number of carbonyl (C=O) groups is 1. The van der Waals surface area contributed by atoms with Crippen molar-refractivity contribution in [3.05, 3.63) is 52.2 Å². The average molecular weight is 464 g/mol. The Morgan fingerprint density at radius 2 is 1.97 bits per heavy atom. The van der Waals surface area contributed by atoms with Gasteiger partial charge in [-0.25, -0.2) is 4.79 Å².